The quantitative estimate of drug-likeness (QED) is 0.818. The van der Waals surface area contributed by atoms with Crippen molar-refractivity contribution >= 4 is 0 Å². The lowest BCUT2D eigenvalue weighted by atomic mass is 9.98. The van der Waals surface area contributed by atoms with E-state index >= 15 is 0 Å². The van der Waals surface area contributed by atoms with Crippen LogP contribution in [0, 0.1) is 13.8 Å². The van der Waals surface area contributed by atoms with Gasteiger partial charge in [0.25, 0.3) is 0 Å². The Bertz CT molecular complexity index is 356. The zero-order valence-corrected chi connectivity index (χ0v) is 10.2. The standard InChI is InChI=1S/C14H21NO/c1-10-5-6-12(8-11(10)2)14(16)9-13-4-3-7-15-13/h5-6,8,13-16H,3-4,7,9H2,1-2H3. The van der Waals surface area contributed by atoms with Gasteiger partial charge in [-0.05, 0) is 56.3 Å². The van der Waals surface area contributed by atoms with E-state index in [-0.39, 0.29) is 6.10 Å². The maximum atomic E-state index is 10.2. The van der Waals surface area contributed by atoms with Gasteiger partial charge in [0.05, 0.1) is 6.10 Å². The number of hydrogen-bond donors (Lipinski definition) is 2. The molecule has 2 rings (SSSR count). The van der Waals surface area contributed by atoms with Gasteiger partial charge in [-0.3, -0.25) is 0 Å². The van der Waals surface area contributed by atoms with Crippen molar-refractivity contribution in [3.63, 3.8) is 0 Å². The summed E-state index contributed by atoms with van der Waals surface area (Å²) < 4.78 is 0. The number of benzene rings is 1. The Balaban J connectivity index is 2.02. The monoisotopic (exact) mass is 219 g/mol. The average Bonchev–Trinajstić information content (AvgIpc) is 2.74. The van der Waals surface area contributed by atoms with Crippen molar-refractivity contribution < 1.29 is 5.11 Å². The van der Waals surface area contributed by atoms with Crippen LogP contribution >= 0.6 is 0 Å². The first kappa shape index (κ1) is 11.6. The van der Waals surface area contributed by atoms with Crippen LogP contribution in [0.15, 0.2) is 18.2 Å². The van der Waals surface area contributed by atoms with Crippen LogP contribution in [0.1, 0.15) is 42.1 Å². The highest BCUT2D eigenvalue weighted by Gasteiger charge is 2.19. The summed E-state index contributed by atoms with van der Waals surface area (Å²) in [6, 6.07) is 6.74. The van der Waals surface area contributed by atoms with E-state index in [1.165, 1.54) is 24.0 Å². The minimum atomic E-state index is -0.324. The van der Waals surface area contributed by atoms with E-state index in [1.807, 2.05) is 6.07 Å². The summed E-state index contributed by atoms with van der Waals surface area (Å²) in [7, 11) is 0. The molecule has 1 heterocycles. The molecule has 2 N–H and O–H groups in total. The van der Waals surface area contributed by atoms with Crippen molar-refractivity contribution in [3.8, 4) is 0 Å². The van der Waals surface area contributed by atoms with Crippen molar-refractivity contribution in [3.05, 3.63) is 34.9 Å². The molecular formula is C14H21NO. The van der Waals surface area contributed by atoms with Crippen LogP contribution < -0.4 is 5.32 Å². The fourth-order valence-corrected chi connectivity index (χ4v) is 2.34. The van der Waals surface area contributed by atoms with Gasteiger partial charge >= 0.3 is 0 Å². The highest BCUT2D eigenvalue weighted by Crippen LogP contribution is 2.23. The second-order valence-corrected chi connectivity index (χ2v) is 4.89. The van der Waals surface area contributed by atoms with Gasteiger partial charge in [0.1, 0.15) is 0 Å². The Hall–Kier alpha value is -0.860. The second-order valence-electron chi connectivity index (χ2n) is 4.89. The molecule has 1 aromatic carbocycles. The van der Waals surface area contributed by atoms with Gasteiger partial charge in [-0.15, -0.1) is 0 Å². The van der Waals surface area contributed by atoms with Crippen LogP contribution in [0.5, 0.6) is 0 Å². The van der Waals surface area contributed by atoms with Crippen LogP contribution in [0.4, 0.5) is 0 Å². The lowest BCUT2D eigenvalue weighted by Crippen LogP contribution is -2.23. The number of nitrogens with one attached hydrogen (secondary N) is 1. The molecule has 0 saturated carbocycles. The zero-order valence-electron chi connectivity index (χ0n) is 10.2. The van der Waals surface area contributed by atoms with Crippen molar-refractivity contribution in [2.45, 2.75) is 45.3 Å². The van der Waals surface area contributed by atoms with E-state index in [9.17, 15) is 5.11 Å². The predicted molar refractivity (Wildman–Crippen MR) is 66.5 cm³/mol. The Morgan fingerprint density at radius 2 is 2.19 bits per heavy atom. The summed E-state index contributed by atoms with van der Waals surface area (Å²) in [5.41, 5.74) is 3.60. The topological polar surface area (TPSA) is 32.3 Å². The molecule has 0 spiro atoms. The fourth-order valence-electron chi connectivity index (χ4n) is 2.34. The van der Waals surface area contributed by atoms with Crippen LogP contribution in [-0.4, -0.2) is 17.7 Å². The first-order chi connectivity index (χ1) is 7.66. The van der Waals surface area contributed by atoms with Gasteiger partial charge in [-0.2, -0.15) is 0 Å². The van der Waals surface area contributed by atoms with Crippen LogP contribution in [0.25, 0.3) is 0 Å². The molecule has 88 valence electrons. The minimum absolute atomic E-state index is 0.324. The van der Waals surface area contributed by atoms with Gasteiger partial charge in [-0.25, -0.2) is 0 Å². The zero-order chi connectivity index (χ0) is 11.5. The van der Waals surface area contributed by atoms with E-state index in [0.717, 1.165) is 18.5 Å². The second kappa shape index (κ2) is 4.98. The third-order valence-electron chi connectivity index (χ3n) is 3.59. The van der Waals surface area contributed by atoms with Gasteiger partial charge in [-0.1, -0.05) is 18.2 Å². The summed E-state index contributed by atoms with van der Waals surface area (Å²) in [4.78, 5) is 0. The molecule has 0 bridgehead atoms. The molecule has 1 fully saturated rings. The molecule has 0 aliphatic carbocycles. The van der Waals surface area contributed by atoms with Crippen LogP contribution in [-0.2, 0) is 0 Å². The summed E-state index contributed by atoms with van der Waals surface area (Å²) in [6.45, 7) is 5.30. The van der Waals surface area contributed by atoms with Crippen LogP contribution in [0.3, 0.4) is 0 Å². The molecule has 1 aliphatic rings. The molecule has 1 aliphatic heterocycles. The Morgan fingerprint density at radius 1 is 1.38 bits per heavy atom. The van der Waals surface area contributed by atoms with Gasteiger partial charge in [0, 0.05) is 6.04 Å². The predicted octanol–water partition coefficient (Wildman–Crippen LogP) is 2.48. The Morgan fingerprint density at radius 3 is 2.81 bits per heavy atom. The van der Waals surface area contributed by atoms with E-state index in [2.05, 4.69) is 31.3 Å². The molecule has 0 aromatic heterocycles. The van der Waals surface area contributed by atoms with E-state index in [4.69, 9.17) is 0 Å². The number of rotatable bonds is 3. The molecule has 2 nitrogen and oxygen atoms in total. The number of aryl methyl sites for hydroxylation is 2. The van der Waals surface area contributed by atoms with Crippen molar-refractivity contribution in [2.75, 3.05) is 6.54 Å². The Labute approximate surface area is 97.7 Å². The molecule has 0 amide bonds. The minimum Gasteiger partial charge on any atom is -0.388 e. The third kappa shape index (κ3) is 2.63. The summed E-state index contributed by atoms with van der Waals surface area (Å²) in [6.07, 6.45) is 2.95. The van der Waals surface area contributed by atoms with Crippen molar-refractivity contribution in [2.24, 2.45) is 0 Å². The summed E-state index contributed by atoms with van der Waals surface area (Å²) in [5.74, 6) is 0. The fraction of sp³-hybridized carbons (Fsp3) is 0.571. The lowest BCUT2D eigenvalue weighted by molar-refractivity contribution is 0.154. The summed E-state index contributed by atoms with van der Waals surface area (Å²) >= 11 is 0. The molecule has 1 saturated heterocycles. The molecular weight excluding hydrogens is 198 g/mol. The average molecular weight is 219 g/mol. The maximum absolute atomic E-state index is 10.2. The van der Waals surface area contributed by atoms with Crippen molar-refractivity contribution in [1.29, 1.82) is 0 Å². The molecule has 1 aromatic rings. The Kier molecular flexibility index (Phi) is 3.62. The van der Waals surface area contributed by atoms with Gasteiger partial charge in [0.2, 0.25) is 0 Å². The largest absolute Gasteiger partial charge is 0.388 e. The molecule has 2 atom stereocenters. The van der Waals surface area contributed by atoms with E-state index < -0.39 is 0 Å². The molecule has 2 unspecified atom stereocenters. The van der Waals surface area contributed by atoms with E-state index in [1.54, 1.807) is 0 Å². The smallest absolute Gasteiger partial charge is 0.0805 e. The highest BCUT2D eigenvalue weighted by molar-refractivity contribution is 5.31. The molecule has 16 heavy (non-hydrogen) atoms. The SMILES string of the molecule is Cc1ccc(C(O)CC2CCCN2)cc1C. The number of aliphatic hydroxyl groups is 1. The first-order valence-corrected chi connectivity index (χ1v) is 6.15. The van der Waals surface area contributed by atoms with Crippen LogP contribution in [0.2, 0.25) is 0 Å². The maximum Gasteiger partial charge on any atom is 0.0805 e. The number of hydrogen-bond acceptors (Lipinski definition) is 2. The van der Waals surface area contributed by atoms with Crippen molar-refractivity contribution in [1.82, 2.24) is 5.32 Å². The van der Waals surface area contributed by atoms with Gasteiger partial charge < -0.3 is 10.4 Å². The summed E-state index contributed by atoms with van der Waals surface area (Å²) in [5, 5.41) is 13.6. The normalized spacial score (nSPS) is 22.3. The van der Waals surface area contributed by atoms with E-state index in [0.29, 0.717) is 6.04 Å². The first-order valence-electron chi connectivity index (χ1n) is 6.15. The highest BCUT2D eigenvalue weighted by atomic mass is 16.3. The van der Waals surface area contributed by atoms with Gasteiger partial charge in [0.15, 0.2) is 0 Å². The lowest BCUT2D eigenvalue weighted by Gasteiger charge is -2.17. The molecule has 2 heteroatoms. The number of aliphatic hydroxyl groups excluding tert-OH is 1. The third-order valence-corrected chi connectivity index (χ3v) is 3.59. The molecule has 0 radical (unpaired) electrons.